The third-order valence-electron chi connectivity index (χ3n) is 4.77. The van der Waals surface area contributed by atoms with Crippen molar-refractivity contribution in [2.75, 3.05) is 0 Å². The molecule has 1 N–H and O–H groups in total. The molecule has 1 aromatic heterocycles. The fraction of sp³-hybridized carbons (Fsp3) is 0.526. The molecule has 2 heterocycles. The second kappa shape index (κ2) is 5.95. The van der Waals surface area contributed by atoms with Crippen molar-refractivity contribution in [2.45, 2.75) is 65.2 Å². The molecule has 0 aliphatic carbocycles. The molecule has 0 radical (unpaired) electrons. The topological polar surface area (TPSA) is 69.0 Å². The Kier molecular flexibility index (Phi) is 4.19. The van der Waals surface area contributed by atoms with E-state index in [9.17, 15) is 4.79 Å². The highest BCUT2D eigenvalue weighted by Gasteiger charge is 2.46. The van der Waals surface area contributed by atoms with Gasteiger partial charge >= 0.3 is 0 Å². The maximum absolute atomic E-state index is 12.7. The SMILES string of the molecule is Cc1ccc(-n2nnc(C(=O)NC3CC(C)(C)OC3(C)C)c2C)cc1. The van der Waals surface area contributed by atoms with Crippen molar-refractivity contribution in [1.29, 1.82) is 0 Å². The van der Waals surface area contributed by atoms with E-state index in [2.05, 4.69) is 15.6 Å². The summed E-state index contributed by atoms with van der Waals surface area (Å²) in [5, 5.41) is 11.3. The van der Waals surface area contributed by atoms with Gasteiger partial charge in [0.2, 0.25) is 0 Å². The monoisotopic (exact) mass is 342 g/mol. The Morgan fingerprint density at radius 2 is 1.84 bits per heavy atom. The summed E-state index contributed by atoms with van der Waals surface area (Å²) >= 11 is 0. The molecule has 25 heavy (non-hydrogen) atoms. The Bertz CT molecular complexity index is 790. The minimum atomic E-state index is -0.417. The van der Waals surface area contributed by atoms with Gasteiger partial charge in [-0.15, -0.1) is 5.10 Å². The van der Waals surface area contributed by atoms with E-state index in [4.69, 9.17) is 4.74 Å². The lowest BCUT2D eigenvalue weighted by Gasteiger charge is -2.27. The Hall–Kier alpha value is -2.21. The number of aryl methyl sites for hydroxylation is 1. The van der Waals surface area contributed by atoms with E-state index in [0.29, 0.717) is 5.69 Å². The number of amides is 1. The van der Waals surface area contributed by atoms with E-state index in [1.807, 2.05) is 65.8 Å². The fourth-order valence-corrected chi connectivity index (χ4v) is 3.48. The minimum absolute atomic E-state index is 0.0704. The zero-order valence-corrected chi connectivity index (χ0v) is 15.8. The summed E-state index contributed by atoms with van der Waals surface area (Å²) in [6.45, 7) is 12.0. The number of benzene rings is 1. The lowest BCUT2D eigenvalue weighted by molar-refractivity contribution is -0.0693. The van der Waals surface area contributed by atoms with E-state index in [0.717, 1.165) is 17.8 Å². The number of carbonyl (C=O) groups is 1. The lowest BCUT2D eigenvalue weighted by Crippen LogP contribution is -2.46. The Labute approximate surface area is 148 Å². The number of aromatic nitrogens is 3. The van der Waals surface area contributed by atoms with Crippen LogP contribution in [0.5, 0.6) is 0 Å². The number of hydrogen-bond acceptors (Lipinski definition) is 4. The smallest absolute Gasteiger partial charge is 0.274 e. The molecule has 2 aromatic rings. The fourth-order valence-electron chi connectivity index (χ4n) is 3.48. The van der Waals surface area contributed by atoms with Crippen LogP contribution in [0.15, 0.2) is 24.3 Å². The van der Waals surface area contributed by atoms with Gasteiger partial charge in [0.1, 0.15) is 0 Å². The zero-order chi connectivity index (χ0) is 18.4. The summed E-state index contributed by atoms with van der Waals surface area (Å²) in [7, 11) is 0. The maximum atomic E-state index is 12.7. The molecule has 1 aromatic carbocycles. The molecular weight excluding hydrogens is 316 g/mol. The van der Waals surface area contributed by atoms with Crippen LogP contribution in [0, 0.1) is 13.8 Å². The number of hydrogen-bond donors (Lipinski definition) is 1. The molecule has 1 amide bonds. The zero-order valence-electron chi connectivity index (χ0n) is 15.8. The van der Waals surface area contributed by atoms with E-state index in [1.165, 1.54) is 5.56 Å². The molecule has 1 aliphatic heterocycles. The van der Waals surface area contributed by atoms with Crippen LogP contribution in [0.25, 0.3) is 5.69 Å². The number of nitrogens with zero attached hydrogens (tertiary/aromatic N) is 3. The molecule has 1 unspecified atom stereocenters. The predicted octanol–water partition coefficient (Wildman–Crippen LogP) is 2.96. The highest BCUT2D eigenvalue weighted by Crippen LogP contribution is 2.37. The summed E-state index contributed by atoms with van der Waals surface area (Å²) in [4.78, 5) is 12.7. The molecule has 134 valence electrons. The quantitative estimate of drug-likeness (QED) is 0.931. The number of rotatable bonds is 3. The van der Waals surface area contributed by atoms with Crippen molar-refractivity contribution >= 4 is 5.91 Å². The molecule has 3 rings (SSSR count). The van der Waals surface area contributed by atoms with Crippen molar-refractivity contribution in [3.8, 4) is 5.69 Å². The summed E-state index contributed by atoms with van der Waals surface area (Å²) in [6, 6.07) is 7.89. The summed E-state index contributed by atoms with van der Waals surface area (Å²) < 4.78 is 7.73. The van der Waals surface area contributed by atoms with E-state index < -0.39 is 5.60 Å². The molecule has 0 spiro atoms. The molecule has 0 bridgehead atoms. The van der Waals surface area contributed by atoms with Gasteiger partial charge in [0.05, 0.1) is 28.6 Å². The first-order chi connectivity index (χ1) is 11.6. The van der Waals surface area contributed by atoms with Crippen LogP contribution in [0.4, 0.5) is 0 Å². The second-order valence-corrected chi connectivity index (χ2v) is 7.97. The first-order valence-corrected chi connectivity index (χ1v) is 8.59. The van der Waals surface area contributed by atoms with Crippen LogP contribution in [0.3, 0.4) is 0 Å². The standard InChI is InChI=1S/C19H26N4O2/c1-12-7-9-14(10-8-12)23-13(2)16(21-22-23)17(24)20-15-11-18(3,4)25-19(15,5)6/h7-10,15H,11H2,1-6H3,(H,20,24). The molecule has 0 saturated carbocycles. The van der Waals surface area contributed by atoms with Gasteiger partial charge in [-0.1, -0.05) is 22.9 Å². The van der Waals surface area contributed by atoms with Crippen LogP contribution >= 0.6 is 0 Å². The Morgan fingerprint density at radius 1 is 1.20 bits per heavy atom. The summed E-state index contributed by atoms with van der Waals surface area (Å²) in [5.41, 5.74) is 2.46. The number of ether oxygens (including phenoxy) is 1. The number of nitrogens with one attached hydrogen (secondary N) is 1. The molecular formula is C19H26N4O2. The highest BCUT2D eigenvalue weighted by atomic mass is 16.5. The van der Waals surface area contributed by atoms with E-state index in [-0.39, 0.29) is 17.6 Å². The first kappa shape index (κ1) is 17.6. The van der Waals surface area contributed by atoms with Gasteiger partial charge in [0.25, 0.3) is 5.91 Å². The third kappa shape index (κ3) is 3.44. The van der Waals surface area contributed by atoms with Gasteiger partial charge in [-0.3, -0.25) is 4.79 Å². The van der Waals surface area contributed by atoms with Crippen LogP contribution < -0.4 is 5.32 Å². The van der Waals surface area contributed by atoms with Crippen molar-refractivity contribution in [2.24, 2.45) is 0 Å². The molecule has 6 heteroatoms. The van der Waals surface area contributed by atoms with Crippen LogP contribution in [0.2, 0.25) is 0 Å². The molecule has 1 aliphatic rings. The molecule has 1 saturated heterocycles. The number of carbonyl (C=O) groups excluding carboxylic acids is 1. The first-order valence-electron chi connectivity index (χ1n) is 8.59. The summed E-state index contributed by atoms with van der Waals surface area (Å²) in [6.07, 6.45) is 0.761. The average Bonchev–Trinajstić information content (AvgIpc) is 2.96. The van der Waals surface area contributed by atoms with Crippen molar-refractivity contribution in [1.82, 2.24) is 20.3 Å². The van der Waals surface area contributed by atoms with Crippen LogP contribution in [0.1, 0.15) is 55.9 Å². The average molecular weight is 342 g/mol. The van der Waals surface area contributed by atoms with Crippen molar-refractivity contribution < 1.29 is 9.53 Å². The van der Waals surface area contributed by atoms with Crippen LogP contribution in [-0.4, -0.2) is 38.1 Å². The van der Waals surface area contributed by atoms with Gasteiger partial charge in [0, 0.05) is 0 Å². The van der Waals surface area contributed by atoms with Crippen molar-refractivity contribution in [3.63, 3.8) is 0 Å². The molecule has 1 fully saturated rings. The molecule has 6 nitrogen and oxygen atoms in total. The lowest BCUT2D eigenvalue weighted by atomic mass is 9.94. The minimum Gasteiger partial charge on any atom is -0.367 e. The predicted molar refractivity (Wildman–Crippen MR) is 95.9 cm³/mol. The van der Waals surface area contributed by atoms with Gasteiger partial charge in [-0.2, -0.15) is 0 Å². The largest absolute Gasteiger partial charge is 0.367 e. The van der Waals surface area contributed by atoms with E-state index >= 15 is 0 Å². The van der Waals surface area contributed by atoms with Gasteiger partial charge < -0.3 is 10.1 Å². The normalized spacial score (nSPS) is 21.3. The maximum Gasteiger partial charge on any atom is 0.274 e. The van der Waals surface area contributed by atoms with Gasteiger partial charge in [-0.25, -0.2) is 4.68 Å². The Balaban J connectivity index is 1.81. The second-order valence-electron chi connectivity index (χ2n) is 7.97. The summed E-state index contributed by atoms with van der Waals surface area (Å²) in [5.74, 6) is -0.213. The third-order valence-corrected chi connectivity index (χ3v) is 4.77. The molecule has 1 atom stereocenters. The highest BCUT2D eigenvalue weighted by molar-refractivity contribution is 5.93. The van der Waals surface area contributed by atoms with Gasteiger partial charge in [-0.05, 0) is 60.1 Å². The van der Waals surface area contributed by atoms with Crippen molar-refractivity contribution in [3.05, 3.63) is 41.2 Å². The van der Waals surface area contributed by atoms with Gasteiger partial charge in [0.15, 0.2) is 5.69 Å². The Morgan fingerprint density at radius 3 is 2.40 bits per heavy atom. The van der Waals surface area contributed by atoms with E-state index in [1.54, 1.807) is 4.68 Å². The van der Waals surface area contributed by atoms with Crippen LogP contribution in [-0.2, 0) is 4.74 Å².